The van der Waals surface area contributed by atoms with E-state index in [4.69, 9.17) is 10.5 Å². The molecule has 2 aromatic heterocycles. The Morgan fingerprint density at radius 2 is 2.11 bits per heavy atom. The number of anilines is 1. The van der Waals surface area contributed by atoms with Crippen LogP contribution in [0.25, 0.3) is 0 Å². The third-order valence-corrected chi connectivity index (χ3v) is 3.70. The number of nitrogens with two attached hydrogens (primary N) is 1. The molecule has 2 rings (SSSR count). The normalized spacial score (nSPS) is 10.5. The molecule has 0 saturated heterocycles. The van der Waals surface area contributed by atoms with Gasteiger partial charge in [-0.3, -0.25) is 24.4 Å². The summed E-state index contributed by atoms with van der Waals surface area (Å²) in [6, 6.07) is 1.06. The van der Waals surface area contributed by atoms with Crippen molar-refractivity contribution in [1.82, 2.24) is 14.8 Å². The minimum Gasteiger partial charge on any atom is -0.477 e. The number of nitrogens with one attached hydrogen (secondary N) is 1. The summed E-state index contributed by atoms with van der Waals surface area (Å²) in [5.74, 6) is -1.57. The summed E-state index contributed by atoms with van der Waals surface area (Å²) in [4.78, 5) is 38.7. The summed E-state index contributed by atoms with van der Waals surface area (Å²) in [5.41, 5.74) is 5.55. The van der Waals surface area contributed by atoms with Crippen molar-refractivity contribution >= 4 is 23.2 Å². The molecule has 2 heterocycles. The first-order valence-corrected chi connectivity index (χ1v) is 8.24. The predicted octanol–water partition coefficient (Wildman–Crippen LogP) is 1.43. The van der Waals surface area contributed by atoms with Gasteiger partial charge in [-0.1, -0.05) is 13.3 Å². The Labute approximate surface area is 154 Å². The molecule has 0 unspecified atom stereocenters. The van der Waals surface area contributed by atoms with Gasteiger partial charge >= 0.3 is 0 Å². The molecule has 3 N–H and O–H groups in total. The fraction of sp³-hybridized carbons (Fsp3) is 0.375. The SMILES string of the molecule is CCCc1c(NC(=O)c2cc([N+](=O)[O-])cnc2OCC)c(C(N)=O)nn1C. The van der Waals surface area contributed by atoms with Gasteiger partial charge in [0.2, 0.25) is 5.88 Å². The smallest absolute Gasteiger partial charge is 0.288 e. The highest BCUT2D eigenvalue weighted by Gasteiger charge is 2.25. The fourth-order valence-corrected chi connectivity index (χ4v) is 2.52. The fourth-order valence-electron chi connectivity index (χ4n) is 2.52. The van der Waals surface area contributed by atoms with Crippen molar-refractivity contribution < 1.29 is 19.2 Å². The number of carbonyl (C=O) groups excluding carboxylic acids is 2. The van der Waals surface area contributed by atoms with Gasteiger partial charge < -0.3 is 15.8 Å². The second-order valence-corrected chi connectivity index (χ2v) is 5.60. The van der Waals surface area contributed by atoms with E-state index >= 15 is 0 Å². The molecule has 144 valence electrons. The molecule has 0 saturated carbocycles. The van der Waals surface area contributed by atoms with Crippen LogP contribution < -0.4 is 15.8 Å². The van der Waals surface area contributed by atoms with Gasteiger partial charge in [0, 0.05) is 13.1 Å². The zero-order valence-corrected chi connectivity index (χ0v) is 15.2. The standard InChI is InChI=1S/C16H20N6O5/c1-4-6-11-12(13(14(17)23)20-21(11)3)19-15(24)10-7-9(22(25)26)8-18-16(10)27-5-2/h7-8H,4-6H2,1-3H3,(H2,17,23)(H,19,24). The molecule has 0 aliphatic carbocycles. The number of hydrogen-bond acceptors (Lipinski definition) is 7. The van der Waals surface area contributed by atoms with Crippen LogP contribution in [0.5, 0.6) is 5.88 Å². The molecule has 0 spiro atoms. The van der Waals surface area contributed by atoms with Crippen LogP contribution in [0.4, 0.5) is 11.4 Å². The lowest BCUT2D eigenvalue weighted by molar-refractivity contribution is -0.385. The summed E-state index contributed by atoms with van der Waals surface area (Å²) in [7, 11) is 1.63. The summed E-state index contributed by atoms with van der Waals surface area (Å²) >= 11 is 0. The van der Waals surface area contributed by atoms with Crippen molar-refractivity contribution in [2.75, 3.05) is 11.9 Å². The van der Waals surface area contributed by atoms with Crippen molar-refractivity contribution in [3.8, 4) is 5.88 Å². The molecule has 0 aromatic carbocycles. The highest BCUT2D eigenvalue weighted by molar-refractivity contribution is 6.09. The number of amides is 2. The van der Waals surface area contributed by atoms with Crippen LogP contribution in [0.3, 0.4) is 0 Å². The maximum absolute atomic E-state index is 12.8. The van der Waals surface area contributed by atoms with Gasteiger partial charge in [-0.25, -0.2) is 4.98 Å². The van der Waals surface area contributed by atoms with Gasteiger partial charge in [-0.2, -0.15) is 5.10 Å². The number of pyridine rings is 1. The number of hydrogen-bond donors (Lipinski definition) is 2. The van der Waals surface area contributed by atoms with Crippen LogP contribution in [-0.2, 0) is 13.5 Å². The minimum absolute atomic E-state index is 0.0536. The summed E-state index contributed by atoms with van der Waals surface area (Å²) in [6.45, 7) is 3.84. The van der Waals surface area contributed by atoms with Crippen molar-refractivity contribution in [3.63, 3.8) is 0 Å². The first-order valence-electron chi connectivity index (χ1n) is 8.24. The molecular formula is C16H20N6O5. The molecule has 0 radical (unpaired) electrons. The Morgan fingerprint density at radius 1 is 1.41 bits per heavy atom. The van der Waals surface area contributed by atoms with Gasteiger partial charge in [0.05, 0.1) is 22.9 Å². The largest absolute Gasteiger partial charge is 0.477 e. The summed E-state index contributed by atoms with van der Waals surface area (Å²) in [6.07, 6.45) is 2.28. The number of aromatic nitrogens is 3. The van der Waals surface area contributed by atoms with E-state index in [-0.39, 0.29) is 35.1 Å². The van der Waals surface area contributed by atoms with Crippen LogP contribution in [-0.4, -0.2) is 38.1 Å². The van der Waals surface area contributed by atoms with Crippen molar-refractivity contribution in [2.45, 2.75) is 26.7 Å². The topological polar surface area (TPSA) is 155 Å². The van der Waals surface area contributed by atoms with Gasteiger partial charge in [0.25, 0.3) is 17.5 Å². The zero-order chi connectivity index (χ0) is 20.1. The number of rotatable bonds is 8. The Bertz CT molecular complexity index is 892. The highest BCUT2D eigenvalue weighted by Crippen LogP contribution is 2.26. The minimum atomic E-state index is -0.801. The third kappa shape index (κ3) is 4.19. The highest BCUT2D eigenvalue weighted by atomic mass is 16.6. The van der Waals surface area contributed by atoms with Gasteiger partial charge in [0.15, 0.2) is 5.69 Å². The third-order valence-electron chi connectivity index (χ3n) is 3.70. The first kappa shape index (κ1) is 19.8. The maximum Gasteiger partial charge on any atom is 0.288 e. The van der Waals surface area contributed by atoms with E-state index in [0.29, 0.717) is 12.1 Å². The van der Waals surface area contributed by atoms with E-state index in [1.54, 1.807) is 14.0 Å². The lowest BCUT2D eigenvalue weighted by Gasteiger charge is -2.11. The Kier molecular flexibility index (Phi) is 6.06. The molecule has 0 aliphatic heterocycles. The molecule has 2 amide bonds. The van der Waals surface area contributed by atoms with Gasteiger partial charge in [0.1, 0.15) is 11.8 Å². The second kappa shape index (κ2) is 8.25. The van der Waals surface area contributed by atoms with Crippen LogP contribution in [0.2, 0.25) is 0 Å². The first-order chi connectivity index (χ1) is 12.8. The number of carbonyl (C=O) groups is 2. The van der Waals surface area contributed by atoms with Gasteiger partial charge in [-0.05, 0) is 13.3 Å². The van der Waals surface area contributed by atoms with E-state index < -0.39 is 16.7 Å². The summed E-state index contributed by atoms with van der Waals surface area (Å²) < 4.78 is 6.75. The average molecular weight is 376 g/mol. The molecule has 0 atom stereocenters. The molecule has 27 heavy (non-hydrogen) atoms. The van der Waals surface area contributed by atoms with Gasteiger partial charge in [-0.15, -0.1) is 0 Å². The number of nitrogens with zero attached hydrogens (tertiary/aromatic N) is 4. The van der Waals surface area contributed by atoms with Crippen molar-refractivity contribution in [3.05, 3.63) is 39.3 Å². The predicted molar refractivity (Wildman–Crippen MR) is 95.7 cm³/mol. The van der Waals surface area contributed by atoms with E-state index in [1.165, 1.54) is 4.68 Å². The van der Waals surface area contributed by atoms with Crippen LogP contribution >= 0.6 is 0 Å². The van der Waals surface area contributed by atoms with Crippen LogP contribution in [0, 0.1) is 10.1 Å². The molecule has 0 fully saturated rings. The number of ether oxygens (including phenoxy) is 1. The lowest BCUT2D eigenvalue weighted by atomic mass is 10.1. The summed E-state index contributed by atoms with van der Waals surface area (Å²) in [5, 5.41) is 17.6. The number of nitro groups is 1. The Morgan fingerprint density at radius 3 is 2.67 bits per heavy atom. The Hall–Kier alpha value is -3.50. The van der Waals surface area contributed by atoms with E-state index in [1.807, 2.05) is 6.92 Å². The molecular weight excluding hydrogens is 356 g/mol. The Balaban J connectivity index is 2.49. The van der Waals surface area contributed by atoms with E-state index in [2.05, 4.69) is 15.4 Å². The molecule has 0 aliphatic rings. The van der Waals surface area contributed by atoms with Crippen LogP contribution in [0.1, 0.15) is 46.8 Å². The zero-order valence-electron chi connectivity index (χ0n) is 15.2. The maximum atomic E-state index is 12.8. The average Bonchev–Trinajstić information content (AvgIpc) is 2.92. The number of aryl methyl sites for hydroxylation is 1. The van der Waals surface area contributed by atoms with Crippen LogP contribution in [0.15, 0.2) is 12.3 Å². The molecule has 11 heteroatoms. The van der Waals surface area contributed by atoms with E-state index in [0.717, 1.165) is 18.7 Å². The van der Waals surface area contributed by atoms with Crippen molar-refractivity contribution in [1.29, 1.82) is 0 Å². The number of primary amides is 1. The monoisotopic (exact) mass is 376 g/mol. The quantitative estimate of drug-likeness (QED) is 0.521. The molecule has 11 nitrogen and oxygen atoms in total. The van der Waals surface area contributed by atoms with Crippen molar-refractivity contribution in [2.24, 2.45) is 12.8 Å². The second-order valence-electron chi connectivity index (χ2n) is 5.60. The van der Waals surface area contributed by atoms with E-state index in [9.17, 15) is 19.7 Å². The lowest BCUT2D eigenvalue weighted by Crippen LogP contribution is -2.19. The molecule has 2 aromatic rings. The molecule has 0 bridgehead atoms.